The van der Waals surface area contributed by atoms with Crippen molar-refractivity contribution in [3.05, 3.63) is 65.2 Å². The molecular weight excluding hydrogens is 246 g/mol. The highest BCUT2D eigenvalue weighted by Crippen LogP contribution is 2.09. The third-order valence-electron chi connectivity index (χ3n) is 2.88. The van der Waals surface area contributed by atoms with E-state index < -0.39 is 11.6 Å². The van der Waals surface area contributed by atoms with Crippen LogP contribution in [0, 0.1) is 11.6 Å². The normalized spacial score (nSPS) is 10.6. The van der Waals surface area contributed by atoms with Crippen molar-refractivity contribution in [3.63, 3.8) is 0 Å². The molecule has 4 heteroatoms. The molecule has 100 valence electrons. The van der Waals surface area contributed by atoms with E-state index in [0.29, 0.717) is 13.0 Å². The Morgan fingerprint density at radius 2 is 1.58 bits per heavy atom. The van der Waals surface area contributed by atoms with E-state index in [1.165, 1.54) is 6.07 Å². The quantitative estimate of drug-likeness (QED) is 0.642. The van der Waals surface area contributed by atoms with Crippen LogP contribution in [0.3, 0.4) is 0 Å². The van der Waals surface area contributed by atoms with Gasteiger partial charge in [-0.2, -0.15) is 0 Å². The minimum atomic E-state index is -0.807. The average molecular weight is 262 g/mol. The van der Waals surface area contributed by atoms with Crippen LogP contribution >= 0.6 is 0 Å². The van der Waals surface area contributed by atoms with Gasteiger partial charge in [0.15, 0.2) is 11.6 Å². The van der Waals surface area contributed by atoms with Gasteiger partial charge in [-0.1, -0.05) is 18.2 Å². The van der Waals surface area contributed by atoms with Gasteiger partial charge in [0.2, 0.25) is 0 Å². The van der Waals surface area contributed by atoms with E-state index in [2.05, 4.69) is 5.32 Å². The van der Waals surface area contributed by atoms with Crippen molar-refractivity contribution >= 4 is 5.69 Å². The zero-order chi connectivity index (χ0) is 13.7. The number of rotatable bonds is 5. The van der Waals surface area contributed by atoms with Gasteiger partial charge >= 0.3 is 0 Å². The van der Waals surface area contributed by atoms with Crippen LogP contribution in [-0.4, -0.2) is 6.54 Å². The summed E-state index contributed by atoms with van der Waals surface area (Å²) >= 11 is 0. The highest BCUT2D eigenvalue weighted by atomic mass is 19.2. The van der Waals surface area contributed by atoms with Crippen molar-refractivity contribution < 1.29 is 8.78 Å². The summed E-state index contributed by atoms with van der Waals surface area (Å²) in [4.78, 5) is 0. The topological polar surface area (TPSA) is 38.0 Å². The number of benzene rings is 2. The Morgan fingerprint density at radius 3 is 2.26 bits per heavy atom. The zero-order valence-electron chi connectivity index (χ0n) is 10.5. The summed E-state index contributed by atoms with van der Waals surface area (Å²) in [6.07, 6.45) is 0.659. The van der Waals surface area contributed by atoms with Crippen molar-refractivity contribution in [1.82, 2.24) is 5.32 Å². The molecule has 3 N–H and O–H groups in total. The Morgan fingerprint density at radius 1 is 0.895 bits per heavy atom. The zero-order valence-corrected chi connectivity index (χ0v) is 10.5. The molecule has 0 aliphatic rings. The number of hydrogen-bond acceptors (Lipinski definition) is 2. The van der Waals surface area contributed by atoms with Crippen molar-refractivity contribution in [2.24, 2.45) is 0 Å². The van der Waals surface area contributed by atoms with Crippen LogP contribution in [0.4, 0.5) is 14.5 Å². The molecule has 0 bridgehead atoms. The first-order valence-corrected chi connectivity index (χ1v) is 6.14. The van der Waals surface area contributed by atoms with Crippen LogP contribution in [0.15, 0.2) is 42.5 Å². The highest BCUT2D eigenvalue weighted by Gasteiger charge is 2.02. The summed E-state index contributed by atoms with van der Waals surface area (Å²) < 4.78 is 25.7. The molecule has 2 nitrogen and oxygen atoms in total. The van der Waals surface area contributed by atoms with Crippen molar-refractivity contribution in [2.75, 3.05) is 12.3 Å². The lowest BCUT2D eigenvalue weighted by atomic mass is 10.1. The van der Waals surface area contributed by atoms with Crippen LogP contribution in [0.2, 0.25) is 0 Å². The molecule has 0 aliphatic carbocycles. The van der Waals surface area contributed by atoms with E-state index in [1.807, 2.05) is 24.3 Å². The van der Waals surface area contributed by atoms with Crippen LogP contribution in [0.25, 0.3) is 0 Å². The smallest absolute Gasteiger partial charge is 0.159 e. The van der Waals surface area contributed by atoms with E-state index in [0.717, 1.165) is 29.4 Å². The van der Waals surface area contributed by atoms with E-state index in [-0.39, 0.29) is 0 Å². The number of nitrogen functional groups attached to an aromatic ring is 1. The molecule has 2 rings (SSSR count). The van der Waals surface area contributed by atoms with Crippen LogP contribution in [0.5, 0.6) is 0 Å². The second-order valence-electron chi connectivity index (χ2n) is 4.42. The third-order valence-corrected chi connectivity index (χ3v) is 2.88. The predicted molar refractivity (Wildman–Crippen MR) is 72.6 cm³/mol. The van der Waals surface area contributed by atoms with Gasteiger partial charge in [-0.3, -0.25) is 0 Å². The Kier molecular flexibility index (Phi) is 4.47. The molecule has 0 unspecified atom stereocenters. The molecule has 0 heterocycles. The molecular formula is C15H16F2N2. The SMILES string of the molecule is Nc1ccc(CNCCc2ccc(F)c(F)c2)cc1. The van der Waals surface area contributed by atoms with Gasteiger partial charge in [-0.15, -0.1) is 0 Å². The van der Waals surface area contributed by atoms with Gasteiger partial charge < -0.3 is 11.1 Å². The molecule has 0 amide bonds. The van der Waals surface area contributed by atoms with Gasteiger partial charge in [0.05, 0.1) is 0 Å². The lowest BCUT2D eigenvalue weighted by molar-refractivity contribution is 0.506. The molecule has 0 aromatic heterocycles. The molecule has 0 aliphatic heterocycles. The van der Waals surface area contributed by atoms with Crippen molar-refractivity contribution in [2.45, 2.75) is 13.0 Å². The second-order valence-corrected chi connectivity index (χ2v) is 4.42. The molecule has 0 saturated carbocycles. The molecule has 0 radical (unpaired) electrons. The Labute approximate surface area is 111 Å². The lowest BCUT2D eigenvalue weighted by Crippen LogP contribution is -2.16. The van der Waals surface area contributed by atoms with E-state index in [4.69, 9.17) is 5.73 Å². The summed E-state index contributed by atoms with van der Waals surface area (Å²) in [7, 11) is 0. The van der Waals surface area contributed by atoms with Crippen LogP contribution in [0.1, 0.15) is 11.1 Å². The molecule has 0 fully saturated rings. The number of nitrogens with two attached hydrogens (primary N) is 1. The standard InChI is InChI=1S/C15H16F2N2/c16-14-6-3-11(9-15(14)17)7-8-19-10-12-1-4-13(18)5-2-12/h1-6,9,19H,7-8,10,18H2. The van der Waals surface area contributed by atoms with Gasteiger partial charge in [0.25, 0.3) is 0 Å². The van der Waals surface area contributed by atoms with Crippen molar-refractivity contribution in [3.8, 4) is 0 Å². The average Bonchev–Trinajstić information content (AvgIpc) is 2.41. The maximum Gasteiger partial charge on any atom is 0.159 e. The van der Waals surface area contributed by atoms with Gasteiger partial charge in [0, 0.05) is 12.2 Å². The first-order valence-electron chi connectivity index (χ1n) is 6.14. The Balaban J connectivity index is 1.77. The molecule has 0 spiro atoms. The number of hydrogen-bond donors (Lipinski definition) is 2. The Bertz CT molecular complexity index is 538. The first-order chi connectivity index (χ1) is 9.15. The summed E-state index contributed by atoms with van der Waals surface area (Å²) in [6, 6.07) is 11.6. The van der Waals surface area contributed by atoms with Gasteiger partial charge in [-0.05, 0) is 48.4 Å². The maximum atomic E-state index is 13.0. The number of nitrogens with one attached hydrogen (secondary N) is 1. The molecule has 0 atom stereocenters. The largest absolute Gasteiger partial charge is 0.399 e. The highest BCUT2D eigenvalue weighted by molar-refractivity contribution is 5.39. The van der Waals surface area contributed by atoms with E-state index >= 15 is 0 Å². The fourth-order valence-electron chi connectivity index (χ4n) is 1.80. The molecule has 0 saturated heterocycles. The fraction of sp³-hybridized carbons (Fsp3) is 0.200. The molecule has 19 heavy (non-hydrogen) atoms. The van der Waals surface area contributed by atoms with Gasteiger partial charge in [-0.25, -0.2) is 8.78 Å². The Hall–Kier alpha value is -1.94. The van der Waals surface area contributed by atoms with Crippen LogP contribution < -0.4 is 11.1 Å². The van der Waals surface area contributed by atoms with Crippen LogP contribution in [-0.2, 0) is 13.0 Å². The first kappa shape index (κ1) is 13.5. The summed E-state index contributed by atoms with van der Waals surface area (Å²) in [5, 5.41) is 3.25. The monoisotopic (exact) mass is 262 g/mol. The fourth-order valence-corrected chi connectivity index (χ4v) is 1.80. The molecule has 2 aromatic rings. The van der Waals surface area contributed by atoms with Gasteiger partial charge in [0.1, 0.15) is 0 Å². The van der Waals surface area contributed by atoms with Crippen molar-refractivity contribution in [1.29, 1.82) is 0 Å². The maximum absolute atomic E-state index is 13.0. The third kappa shape index (κ3) is 4.03. The van der Waals surface area contributed by atoms with E-state index in [9.17, 15) is 8.78 Å². The lowest BCUT2D eigenvalue weighted by Gasteiger charge is -2.06. The summed E-state index contributed by atoms with van der Waals surface area (Å²) in [5.41, 5.74) is 8.26. The summed E-state index contributed by atoms with van der Waals surface area (Å²) in [5.74, 6) is -1.60. The van der Waals surface area contributed by atoms with E-state index in [1.54, 1.807) is 6.07 Å². The molecule has 2 aromatic carbocycles. The minimum Gasteiger partial charge on any atom is -0.399 e. The minimum absolute atomic E-state index is 0.659. The summed E-state index contributed by atoms with van der Waals surface area (Å²) in [6.45, 7) is 1.43. The predicted octanol–water partition coefficient (Wildman–Crippen LogP) is 2.88. The number of halogens is 2. The number of anilines is 1. The second kappa shape index (κ2) is 6.29.